The van der Waals surface area contributed by atoms with Crippen molar-refractivity contribution in [2.24, 2.45) is 11.8 Å². The Hall–Kier alpha value is -2.10. The predicted molar refractivity (Wildman–Crippen MR) is 118 cm³/mol. The van der Waals surface area contributed by atoms with E-state index in [0.29, 0.717) is 0 Å². The SMILES string of the molecule is CCCCC1C=C(Sc2ccc(C)cc2)C(=O)C1C(O)C=Cc1ccccc1. The summed E-state index contributed by atoms with van der Waals surface area (Å²) in [5.41, 5.74) is 2.23. The van der Waals surface area contributed by atoms with Crippen molar-refractivity contribution >= 4 is 23.6 Å². The number of hydrogen-bond donors (Lipinski definition) is 1. The molecule has 0 saturated heterocycles. The molecule has 28 heavy (non-hydrogen) atoms. The summed E-state index contributed by atoms with van der Waals surface area (Å²) < 4.78 is 0. The van der Waals surface area contributed by atoms with Gasteiger partial charge in [-0.3, -0.25) is 4.79 Å². The van der Waals surface area contributed by atoms with E-state index >= 15 is 0 Å². The molecule has 0 spiro atoms. The van der Waals surface area contributed by atoms with Gasteiger partial charge in [0.05, 0.1) is 16.9 Å². The van der Waals surface area contributed by atoms with Crippen molar-refractivity contribution in [3.05, 3.63) is 82.8 Å². The first-order valence-electron chi connectivity index (χ1n) is 10.0. The number of unbranched alkanes of at least 4 members (excludes halogenated alkanes) is 1. The number of allylic oxidation sites excluding steroid dienone is 2. The fourth-order valence-electron chi connectivity index (χ4n) is 3.56. The molecule has 1 aliphatic carbocycles. The van der Waals surface area contributed by atoms with Crippen LogP contribution in [0.2, 0.25) is 0 Å². The number of rotatable bonds is 8. The van der Waals surface area contributed by atoms with Gasteiger partial charge in [-0.1, -0.05) is 97.8 Å². The van der Waals surface area contributed by atoms with Crippen molar-refractivity contribution < 1.29 is 9.90 Å². The number of hydrogen-bond acceptors (Lipinski definition) is 3. The Balaban J connectivity index is 1.76. The number of ketones is 1. The second-order valence-electron chi connectivity index (χ2n) is 7.40. The summed E-state index contributed by atoms with van der Waals surface area (Å²) in [5, 5.41) is 10.8. The zero-order chi connectivity index (χ0) is 19.9. The monoisotopic (exact) mass is 392 g/mol. The number of carbonyl (C=O) groups excluding carboxylic acids is 1. The third kappa shape index (κ3) is 5.24. The first kappa shape index (κ1) is 20.6. The molecule has 2 aromatic carbocycles. The number of benzene rings is 2. The molecule has 0 amide bonds. The van der Waals surface area contributed by atoms with Crippen molar-refractivity contribution in [3.8, 4) is 0 Å². The summed E-state index contributed by atoms with van der Waals surface area (Å²) >= 11 is 1.52. The lowest BCUT2D eigenvalue weighted by atomic mass is 9.85. The van der Waals surface area contributed by atoms with Gasteiger partial charge < -0.3 is 5.11 Å². The van der Waals surface area contributed by atoms with Gasteiger partial charge in [-0.15, -0.1) is 0 Å². The van der Waals surface area contributed by atoms with Gasteiger partial charge in [-0.25, -0.2) is 0 Å². The largest absolute Gasteiger partial charge is 0.388 e. The van der Waals surface area contributed by atoms with E-state index < -0.39 is 6.10 Å². The summed E-state index contributed by atoms with van der Waals surface area (Å²) in [4.78, 5) is 15.0. The van der Waals surface area contributed by atoms with Crippen LogP contribution < -0.4 is 0 Å². The lowest BCUT2D eigenvalue weighted by Crippen LogP contribution is -2.29. The third-order valence-electron chi connectivity index (χ3n) is 5.17. The van der Waals surface area contributed by atoms with Crippen LogP contribution in [-0.2, 0) is 4.79 Å². The van der Waals surface area contributed by atoms with Crippen molar-refractivity contribution in [1.29, 1.82) is 0 Å². The Morgan fingerprint density at radius 1 is 1.11 bits per heavy atom. The fourth-order valence-corrected chi connectivity index (χ4v) is 4.57. The highest BCUT2D eigenvalue weighted by molar-refractivity contribution is 8.04. The first-order valence-corrected chi connectivity index (χ1v) is 10.8. The molecular weight excluding hydrogens is 364 g/mol. The molecule has 3 rings (SSSR count). The van der Waals surface area contributed by atoms with E-state index in [4.69, 9.17) is 0 Å². The van der Waals surface area contributed by atoms with E-state index in [2.05, 4.69) is 32.1 Å². The molecule has 1 N–H and O–H groups in total. The van der Waals surface area contributed by atoms with E-state index in [9.17, 15) is 9.90 Å². The molecule has 3 heteroatoms. The Morgan fingerprint density at radius 3 is 2.50 bits per heavy atom. The standard InChI is InChI=1S/C25H28O2S/c1-3-4-10-20-17-23(28-21-14-11-18(2)12-15-21)25(27)24(20)22(26)16-13-19-8-6-5-7-9-19/h5-9,11-17,20,22,24,26H,3-4,10H2,1-2H3. The maximum Gasteiger partial charge on any atom is 0.175 e. The van der Waals surface area contributed by atoms with Gasteiger partial charge in [0.1, 0.15) is 0 Å². The second-order valence-corrected chi connectivity index (χ2v) is 8.52. The maximum absolute atomic E-state index is 13.1. The molecule has 146 valence electrons. The fraction of sp³-hybridized carbons (Fsp3) is 0.320. The first-order chi connectivity index (χ1) is 13.6. The predicted octanol–water partition coefficient (Wildman–Crippen LogP) is 6.05. The molecule has 2 aromatic rings. The van der Waals surface area contributed by atoms with E-state index in [-0.39, 0.29) is 17.6 Å². The molecule has 0 fully saturated rings. The topological polar surface area (TPSA) is 37.3 Å². The number of Topliss-reactive ketones (excluding diaryl/α,β-unsaturated/α-hetero) is 1. The molecule has 0 heterocycles. The van der Waals surface area contributed by atoms with Gasteiger partial charge in [-0.05, 0) is 37.0 Å². The van der Waals surface area contributed by atoms with E-state index in [0.717, 1.165) is 34.6 Å². The number of thioether (sulfide) groups is 1. The van der Waals surface area contributed by atoms with Gasteiger partial charge >= 0.3 is 0 Å². The van der Waals surface area contributed by atoms with E-state index in [1.165, 1.54) is 17.3 Å². The summed E-state index contributed by atoms with van der Waals surface area (Å²) in [6.45, 7) is 4.21. The van der Waals surface area contributed by atoms with Crippen molar-refractivity contribution in [1.82, 2.24) is 0 Å². The quantitative estimate of drug-likeness (QED) is 0.594. The molecule has 0 aromatic heterocycles. The molecule has 1 aliphatic rings. The minimum atomic E-state index is -0.776. The zero-order valence-electron chi connectivity index (χ0n) is 16.5. The van der Waals surface area contributed by atoms with Gasteiger partial charge in [0.2, 0.25) is 0 Å². The van der Waals surface area contributed by atoms with Crippen LogP contribution in [0.25, 0.3) is 6.08 Å². The number of aliphatic hydroxyl groups excluding tert-OH is 1. The minimum Gasteiger partial charge on any atom is -0.388 e. The average Bonchev–Trinajstić information content (AvgIpc) is 3.02. The Labute approximate surface area is 172 Å². The van der Waals surface area contributed by atoms with Crippen LogP contribution in [0.1, 0.15) is 37.3 Å². The normalized spacial score (nSPS) is 20.5. The van der Waals surface area contributed by atoms with Crippen LogP contribution in [0.15, 0.2) is 76.5 Å². The van der Waals surface area contributed by atoms with Gasteiger partial charge in [0.25, 0.3) is 0 Å². The van der Waals surface area contributed by atoms with Crippen LogP contribution >= 0.6 is 11.8 Å². The maximum atomic E-state index is 13.1. The van der Waals surface area contributed by atoms with Crippen LogP contribution in [0.4, 0.5) is 0 Å². The van der Waals surface area contributed by atoms with Crippen molar-refractivity contribution in [2.45, 2.75) is 44.1 Å². The molecule has 0 bridgehead atoms. The Morgan fingerprint density at radius 2 is 1.82 bits per heavy atom. The lowest BCUT2D eigenvalue weighted by Gasteiger charge is -2.21. The molecular formula is C25H28O2S. The Kier molecular flexibility index (Phi) is 7.30. The van der Waals surface area contributed by atoms with Crippen LogP contribution in [-0.4, -0.2) is 17.0 Å². The number of carbonyl (C=O) groups is 1. The van der Waals surface area contributed by atoms with Crippen LogP contribution in [0.3, 0.4) is 0 Å². The summed E-state index contributed by atoms with van der Waals surface area (Å²) in [6, 6.07) is 18.1. The second kappa shape index (κ2) is 9.90. The van der Waals surface area contributed by atoms with Crippen molar-refractivity contribution in [3.63, 3.8) is 0 Å². The highest BCUT2D eigenvalue weighted by Gasteiger charge is 2.39. The zero-order valence-corrected chi connectivity index (χ0v) is 17.4. The van der Waals surface area contributed by atoms with Gasteiger partial charge in [0.15, 0.2) is 5.78 Å². The molecule has 3 atom stereocenters. The third-order valence-corrected chi connectivity index (χ3v) is 6.23. The summed E-state index contributed by atoms with van der Waals surface area (Å²) in [7, 11) is 0. The lowest BCUT2D eigenvalue weighted by molar-refractivity contribution is -0.121. The number of aryl methyl sites for hydroxylation is 1. The van der Waals surface area contributed by atoms with Crippen LogP contribution in [0, 0.1) is 18.8 Å². The summed E-state index contributed by atoms with van der Waals surface area (Å²) in [5.74, 6) is -0.229. The van der Waals surface area contributed by atoms with E-state index in [1.807, 2.05) is 48.5 Å². The molecule has 0 aliphatic heterocycles. The Bertz CT molecular complexity index is 837. The van der Waals surface area contributed by atoms with E-state index in [1.54, 1.807) is 6.08 Å². The van der Waals surface area contributed by atoms with Crippen LogP contribution in [0.5, 0.6) is 0 Å². The average molecular weight is 393 g/mol. The van der Waals surface area contributed by atoms with Gasteiger partial charge in [0, 0.05) is 4.90 Å². The molecule has 2 nitrogen and oxygen atoms in total. The number of aliphatic hydroxyl groups is 1. The molecule has 3 unspecified atom stereocenters. The molecule has 0 saturated carbocycles. The molecule has 0 radical (unpaired) electrons. The highest BCUT2D eigenvalue weighted by atomic mass is 32.2. The highest BCUT2D eigenvalue weighted by Crippen LogP contribution is 2.41. The smallest absolute Gasteiger partial charge is 0.175 e. The van der Waals surface area contributed by atoms with Gasteiger partial charge in [-0.2, -0.15) is 0 Å². The minimum absolute atomic E-state index is 0.0666. The summed E-state index contributed by atoms with van der Waals surface area (Å²) in [6.07, 6.45) is 8.06. The van der Waals surface area contributed by atoms with Crippen molar-refractivity contribution in [2.75, 3.05) is 0 Å².